The predicted molar refractivity (Wildman–Crippen MR) is 62.2 cm³/mol. The second-order valence-corrected chi connectivity index (χ2v) is 2.76. The van der Waals surface area contributed by atoms with Gasteiger partial charge in [-0.3, -0.25) is 4.79 Å². The Hall–Kier alpha value is -1.71. The minimum Gasteiger partial charge on any atom is -0.493 e. The fraction of sp³-hybridized carbons (Fsp3) is 0.417. The molecule has 0 fully saturated rings. The van der Waals surface area contributed by atoms with Crippen LogP contribution < -0.4 is 9.47 Å². The van der Waals surface area contributed by atoms with Crippen molar-refractivity contribution < 1.29 is 19.4 Å². The number of methoxy groups -OCH3 is 2. The van der Waals surface area contributed by atoms with Gasteiger partial charge in [-0.25, -0.2) is 0 Å². The zero-order chi connectivity index (χ0) is 12.6. The number of rotatable bonds is 4. The standard InChI is InChI=1S/C10H12O4.C2H6/c1-13-8-4-3-7(6-10(11)12)5-9(8)14-2;1-2/h3-5H,6H2,1-2H3,(H,11,12);1-2H3. The zero-order valence-corrected chi connectivity index (χ0v) is 10.1. The summed E-state index contributed by atoms with van der Waals surface area (Å²) in [6.07, 6.45) is -0.0135. The first-order chi connectivity index (χ1) is 7.67. The Bertz CT molecular complexity index is 334. The number of ether oxygens (including phenoxy) is 2. The quantitative estimate of drug-likeness (QED) is 0.856. The zero-order valence-electron chi connectivity index (χ0n) is 10.1. The molecule has 0 aliphatic rings. The molecule has 0 radical (unpaired) electrons. The second kappa shape index (κ2) is 7.56. The normalized spacial score (nSPS) is 8.75. The first kappa shape index (κ1) is 14.3. The van der Waals surface area contributed by atoms with Gasteiger partial charge in [-0.05, 0) is 17.7 Å². The highest BCUT2D eigenvalue weighted by Gasteiger charge is 2.06. The molecule has 1 aromatic rings. The molecule has 4 nitrogen and oxygen atoms in total. The van der Waals surface area contributed by atoms with E-state index in [0.717, 1.165) is 0 Å². The smallest absolute Gasteiger partial charge is 0.307 e. The van der Waals surface area contributed by atoms with Crippen LogP contribution in [0.5, 0.6) is 11.5 Å². The van der Waals surface area contributed by atoms with Crippen molar-refractivity contribution in [1.29, 1.82) is 0 Å². The van der Waals surface area contributed by atoms with Crippen molar-refractivity contribution in [2.24, 2.45) is 0 Å². The van der Waals surface area contributed by atoms with Crippen LogP contribution in [0.25, 0.3) is 0 Å². The molecule has 1 rings (SSSR count). The number of carboxylic acids is 1. The van der Waals surface area contributed by atoms with Crippen molar-refractivity contribution in [3.63, 3.8) is 0 Å². The molecule has 0 heterocycles. The molecule has 4 heteroatoms. The Labute approximate surface area is 95.8 Å². The summed E-state index contributed by atoms with van der Waals surface area (Å²) >= 11 is 0. The SMILES string of the molecule is CC.COc1ccc(CC(=O)O)cc1OC. The molecule has 0 aliphatic carbocycles. The number of benzene rings is 1. The highest BCUT2D eigenvalue weighted by molar-refractivity contribution is 5.70. The number of hydrogen-bond acceptors (Lipinski definition) is 3. The molecule has 0 saturated heterocycles. The van der Waals surface area contributed by atoms with Crippen LogP contribution in [0, 0.1) is 0 Å². The summed E-state index contributed by atoms with van der Waals surface area (Å²) in [5.41, 5.74) is 0.690. The summed E-state index contributed by atoms with van der Waals surface area (Å²) in [5, 5.41) is 8.58. The Morgan fingerprint density at radius 2 is 1.75 bits per heavy atom. The van der Waals surface area contributed by atoms with Crippen molar-refractivity contribution in [3.05, 3.63) is 23.8 Å². The molecule has 0 aromatic heterocycles. The van der Waals surface area contributed by atoms with E-state index >= 15 is 0 Å². The topological polar surface area (TPSA) is 55.8 Å². The molecule has 90 valence electrons. The van der Waals surface area contributed by atoms with Crippen LogP contribution >= 0.6 is 0 Å². The monoisotopic (exact) mass is 226 g/mol. The molecule has 0 amide bonds. The first-order valence-corrected chi connectivity index (χ1v) is 5.10. The Balaban J connectivity index is 0.00000106. The fourth-order valence-electron chi connectivity index (χ4n) is 1.17. The van der Waals surface area contributed by atoms with Crippen molar-refractivity contribution >= 4 is 5.97 Å². The Morgan fingerprint density at radius 3 is 2.19 bits per heavy atom. The van der Waals surface area contributed by atoms with Gasteiger partial charge in [0.1, 0.15) is 0 Å². The number of aliphatic carboxylic acids is 1. The highest BCUT2D eigenvalue weighted by atomic mass is 16.5. The third kappa shape index (κ3) is 4.21. The molecule has 0 atom stereocenters. The van der Waals surface area contributed by atoms with Crippen LogP contribution in [-0.4, -0.2) is 25.3 Å². The van der Waals surface area contributed by atoms with Gasteiger partial charge in [0.05, 0.1) is 20.6 Å². The van der Waals surface area contributed by atoms with E-state index in [1.54, 1.807) is 18.2 Å². The largest absolute Gasteiger partial charge is 0.493 e. The van der Waals surface area contributed by atoms with Crippen LogP contribution in [0.15, 0.2) is 18.2 Å². The van der Waals surface area contributed by atoms with E-state index in [2.05, 4.69) is 0 Å². The van der Waals surface area contributed by atoms with Crippen LogP contribution in [0.3, 0.4) is 0 Å². The second-order valence-electron chi connectivity index (χ2n) is 2.76. The maximum atomic E-state index is 10.5. The molecule has 0 bridgehead atoms. The maximum Gasteiger partial charge on any atom is 0.307 e. The molecule has 16 heavy (non-hydrogen) atoms. The first-order valence-electron chi connectivity index (χ1n) is 5.10. The highest BCUT2D eigenvalue weighted by Crippen LogP contribution is 2.27. The van der Waals surface area contributed by atoms with Gasteiger partial charge in [0.15, 0.2) is 11.5 Å². The lowest BCUT2D eigenvalue weighted by atomic mass is 10.1. The van der Waals surface area contributed by atoms with Crippen LogP contribution in [0.2, 0.25) is 0 Å². The van der Waals surface area contributed by atoms with E-state index in [1.165, 1.54) is 14.2 Å². The minimum absolute atomic E-state index is 0.0135. The van der Waals surface area contributed by atoms with E-state index in [9.17, 15) is 4.79 Å². The Kier molecular flexibility index (Phi) is 6.76. The van der Waals surface area contributed by atoms with Crippen LogP contribution in [0.4, 0.5) is 0 Å². The molecule has 0 unspecified atom stereocenters. The van der Waals surface area contributed by atoms with Gasteiger partial charge in [-0.1, -0.05) is 19.9 Å². The van der Waals surface area contributed by atoms with Gasteiger partial charge in [0, 0.05) is 0 Å². The number of carbonyl (C=O) groups is 1. The van der Waals surface area contributed by atoms with E-state index in [1.807, 2.05) is 13.8 Å². The number of hydrogen-bond donors (Lipinski definition) is 1. The van der Waals surface area contributed by atoms with Crippen LogP contribution in [-0.2, 0) is 11.2 Å². The summed E-state index contributed by atoms with van der Waals surface area (Å²) in [4.78, 5) is 10.5. The Morgan fingerprint density at radius 1 is 1.19 bits per heavy atom. The molecule has 1 N–H and O–H groups in total. The lowest BCUT2D eigenvalue weighted by Gasteiger charge is -2.08. The molecule has 0 saturated carbocycles. The third-order valence-electron chi connectivity index (χ3n) is 1.80. The van der Waals surface area contributed by atoms with Crippen molar-refractivity contribution in [3.8, 4) is 11.5 Å². The van der Waals surface area contributed by atoms with Gasteiger partial charge in [-0.2, -0.15) is 0 Å². The molecule has 0 spiro atoms. The van der Waals surface area contributed by atoms with Gasteiger partial charge in [0.2, 0.25) is 0 Å². The summed E-state index contributed by atoms with van der Waals surface area (Å²) in [6.45, 7) is 4.00. The predicted octanol–water partition coefficient (Wildman–Crippen LogP) is 2.36. The average Bonchev–Trinajstić information content (AvgIpc) is 2.30. The van der Waals surface area contributed by atoms with Crippen molar-refractivity contribution in [2.75, 3.05) is 14.2 Å². The molecule has 1 aromatic carbocycles. The van der Waals surface area contributed by atoms with Gasteiger partial charge in [0.25, 0.3) is 0 Å². The van der Waals surface area contributed by atoms with E-state index in [4.69, 9.17) is 14.6 Å². The number of carboxylic acid groups (broad SMARTS) is 1. The van der Waals surface area contributed by atoms with Gasteiger partial charge in [-0.15, -0.1) is 0 Å². The maximum absolute atomic E-state index is 10.5. The van der Waals surface area contributed by atoms with Crippen molar-refractivity contribution in [2.45, 2.75) is 20.3 Å². The van der Waals surface area contributed by atoms with E-state index in [0.29, 0.717) is 17.1 Å². The summed E-state index contributed by atoms with van der Waals surface area (Å²) in [6, 6.07) is 5.06. The minimum atomic E-state index is -0.864. The average molecular weight is 226 g/mol. The molecule has 0 aliphatic heterocycles. The molecular formula is C12H18O4. The van der Waals surface area contributed by atoms with Gasteiger partial charge < -0.3 is 14.6 Å². The van der Waals surface area contributed by atoms with E-state index < -0.39 is 5.97 Å². The fourth-order valence-corrected chi connectivity index (χ4v) is 1.17. The lowest BCUT2D eigenvalue weighted by molar-refractivity contribution is -0.136. The summed E-state index contributed by atoms with van der Waals surface area (Å²) in [5.74, 6) is 0.283. The summed E-state index contributed by atoms with van der Waals surface area (Å²) < 4.78 is 10.1. The summed E-state index contributed by atoms with van der Waals surface area (Å²) in [7, 11) is 3.05. The van der Waals surface area contributed by atoms with Crippen molar-refractivity contribution in [1.82, 2.24) is 0 Å². The van der Waals surface area contributed by atoms with Gasteiger partial charge >= 0.3 is 5.97 Å². The lowest BCUT2D eigenvalue weighted by Crippen LogP contribution is -2.00. The van der Waals surface area contributed by atoms with Crippen LogP contribution in [0.1, 0.15) is 19.4 Å². The molecular weight excluding hydrogens is 208 g/mol. The third-order valence-corrected chi connectivity index (χ3v) is 1.80. The van der Waals surface area contributed by atoms with E-state index in [-0.39, 0.29) is 6.42 Å².